The molecule has 3 heterocycles. The molecule has 1 N–H and O–H groups in total. The third-order valence-electron chi connectivity index (χ3n) is 7.25. The zero-order valence-corrected chi connectivity index (χ0v) is 24.9. The lowest BCUT2D eigenvalue weighted by Crippen LogP contribution is -2.07. The average Bonchev–Trinajstić information content (AvgIpc) is 3.28. The van der Waals surface area contributed by atoms with E-state index in [4.69, 9.17) is 19.9 Å². The maximum Gasteiger partial charge on any atom is 0.161 e. The van der Waals surface area contributed by atoms with Gasteiger partial charge in [-0.25, -0.2) is 14.4 Å². The highest BCUT2D eigenvalue weighted by molar-refractivity contribution is 6.50. The van der Waals surface area contributed by atoms with Crippen molar-refractivity contribution in [3.05, 3.63) is 94.8 Å². The number of nitrogens with zero attached hydrogens (tertiary/aromatic N) is 3. The molecule has 0 fully saturated rings. The Balaban J connectivity index is 1.96. The van der Waals surface area contributed by atoms with E-state index in [-0.39, 0.29) is 23.5 Å². The molecule has 1 aliphatic rings. The molecule has 216 valence electrons. The fourth-order valence-electron chi connectivity index (χ4n) is 4.98. The molecule has 8 heteroatoms. The van der Waals surface area contributed by atoms with E-state index >= 15 is 0 Å². The number of hydrogen-bond donors (Lipinski definition) is 1. The number of rotatable bonds is 11. The van der Waals surface area contributed by atoms with Crippen LogP contribution in [0.3, 0.4) is 0 Å². The number of aryl methyl sites for hydroxylation is 1. The van der Waals surface area contributed by atoms with Crippen LogP contribution >= 0.6 is 0 Å². The first-order chi connectivity index (χ1) is 20.2. The molecular formula is C34H35FN4O3. The van der Waals surface area contributed by atoms with E-state index < -0.39 is 5.83 Å². The van der Waals surface area contributed by atoms with Gasteiger partial charge < -0.3 is 9.47 Å². The smallest absolute Gasteiger partial charge is 0.161 e. The Kier molecular flexibility index (Phi) is 9.25. The molecule has 1 aromatic carbocycles. The lowest BCUT2D eigenvalue weighted by molar-refractivity contribution is -0.113. The molecule has 0 atom stereocenters. The standard InChI is InChI=1S/C34H35FN4O3/c1-8-21-17-37-30-16-32(42-11-4)25(23-14-28-33(36)19(5)39-34(28)38-18-23)15-26(30)24(21)12-22(20(6)40)13-27(29(35)9-2)31(10-3)41-7/h9-10,13-18,36H,3,8,11-12H2,1-2,4-7H3/b22-13-,29-9+,31-27+,36-33?. The van der Waals surface area contributed by atoms with Gasteiger partial charge in [-0.05, 0) is 69.5 Å². The minimum atomic E-state index is -0.515. The summed E-state index contributed by atoms with van der Waals surface area (Å²) in [5.74, 6) is 0.690. The Hall–Kier alpha value is -4.72. The Morgan fingerprint density at radius 3 is 2.52 bits per heavy atom. The lowest BCUT2D eigenvalue weighted by Gasteiger charge is -2.17. The average molecular weight is 567 g/mol. The third kappa shape index (κ3) is 5.84. The van der Waals surface area contributed by atoms with Crippen LogP contribution in [-0.2, 0) is 22.4 Å². The lowest BCUT2D eigenvalue weighted by atomic mass is 9.91. The number of aromatic nitrogens is 2. The number of fused-ring (bicyclic) bond motifs is 2. The number of carbonyl (C=O) groups is 1. The highest BCUT2D eigenvalue weighted by Gasteiger charge is 2.22. The van der Waals surface area contributed by atoms with Crippen molar-refractivity contribution in [2.24, 2.45) is 4.99 Å². The Labute approximate surface area is 245 Å². The number of ether oxygens (including phenoxy) is 2. The van der Waals surface area contributed by atoms with Crippen molar-refractivity contribution in [1.29, 1.82) is 5.41 Å². The number of ketones is 1. The van der Waals surface area contributed by atoms with Crippen LogP contribution in [0.5, 0.6) is 5.75 Å². The minimum Gasteiger partial charge on any atom is -0.496 e. The van der Waals surface area contributed by atoms with Gasteiger partial charge in [-0.1, -0.05) is 19.6 Å². The van der Waals surface area contributed by atoms with E-state index in [1.807, 2.05) is 38.2 Å². The van der Waals surface area contributed by atoms with Crippen molar-refractivity contribution in [1.82, 2.24) is 9.97 Å². The molecule has 0 spiro atoms. The number of carbonyl (C=O) groups excluding carboxylic acids is 1. The highest BCUT2D eigenvalue weighted by Crippen LogP contribution is 2.38. The van der Waals surface area contributed by atoms with Gasteiger partial charge in [-0.3, -0.25) is 15.2 Å². The van der Waals surface area contributed by atoms with Crippen molar-refractivity contribution in [3.8, 4) is 16.9 Å². The zero-order valence-electron chi connectivity index (χ0n) is 24.9. The van der Waals surface area contributed by atoms with Crippen LogP contribution in [0, 0.1) is 5.41 Å². The first-order valence-electron chi connectivity index (χ1n) is 13.8. The second kappa shape index (κ2) is 12.9. The SMILES string of the molecule is C=C/C(OC)=C(/C=C(/Cc1c(CC)cnc2cc(OCC)c(-c3cnc4c(c3)C(=N)C(C)=N4)cc12)C(C)=O)C(\F)=C/C. The third-order valence-corrected chi connectivity index (χ3v) is 7.25. The topological polar surface area (TPSA) is 97.5 Å². The maximum atomic E-state index is 15.0. The first kappa shape index (κ1) is 30.2. The number of Topliss-reactive ketones (excluding diaryl/α,β-unsaturated/α-hetero) is 1. The Morgan fingerprint density at radius 1 is 1.14 bits per heavy atom. The predicted molar refractivity (Wildman–Crippen MR) is 167 cm³/mol. The number of hydrogen-bond acceptors (Lipinski definition) is 7. The summed E-state index contributed by atoms with van der Waals surface area (Å²) in [7, 11) is 1.44. The molecule has 1 aliphatic heterocycles. The normalized spacial score (nSPS) is 14.0. The van der Waals surface area contributed by atoms with Crippen LogP contribution in [0.1, 0.15) is 51.3 Å². The maximum absolute atomic E-state index is 15.0. The molecule has 0 unspecified atom stereocenters. The number of aliphatic imine (C=N–C) groups is 1. The molecule has 2 aromatic heterocycles. The summed E-state index contributed by atoms with van der Waals surface area (Å²) < 4.78 is 26.3. The predicted octanol–water partition coefficient (Wildman–Crippen LogP) is 7.75. The molecule has 7 nitrogen and oxygen atoms in total. The summed E-state index contributed by atoms with van der Waals surface area (Å²) in [6, 6.07) is 5.80. The number of halogens is 1. The monoisotopic (exact) mass is 566 g/mol. The van der Waals surface area contributed by atoms with Gasteiger partial charge in [0.25, 0.3) is 0 Å². The zero-order chi connectivity index (χ0) is 30.6. The summed E-state index contributed by atoms with van der Waals surface area (Å²) in [6.07, 6.45) is 8.76. The molecule has 4 rings (SSSR count). The first-order valence-corrected chi connectivity index (χ1v) is 13.8. The van der Waals surface area contributed by atoms with Crippen LogP contribution in [0.4, 0.5) is 10.2 Å². The molecule has 0 bridgehead atoms. The number of pyridine rings is 2. The minimum absolute atomic E-state index is 0.153. The van der Waals surface area contributed by atoms with Gasteiger partial charge in [-0.15, -0.1) is 0 Å². The number of methoxy groups -OCH3 is 1. The molecule has 0 saturated heterocycles. The van der Waals surface area contributed by atoms with Crippen LogP contribution in [0.15, 0.2) is 83.1 Å². The number of allylic oxidation sites excluding steroid dienone is 6. The quantitative estimate of drug-likeness (QED) is 0.145. The van der Waals surface area contributed by atoms with E-state index in [1.54, 1.807) is 20.0 Å². The van der Waals surface area contributed by atoms with Gasteiger partial charge in [0.05, 0.1) is 36.2 Å². The molecule has 0 amide bonds. The fraction of sp³-hybridized carbons (Fsp3) is 0.265. The second-order valence-corrected chi connectivity index (χ2v) is 9.81. The van der Waals surface area contributed by atoms with Gasteiger partial charge >= 0.3 is 0 Å². The van der Waals surface area contributed by atoms with Crippen molar-refractivity contribution in [3.63, 3.8) is 0 Å². The number of benzene rings is 1. The van der Waals surface area contributed by atoms with Crippen LogP contribution in [-0.4, -0.2) is 40.9 Å². The second-order valence-electron chi connectivity index (χ2n) is 9.81. The van der Waals surface area contributed by atoms with Crippen LogP contribution in [0.2, 0.25) is 0 Å². The van der Waals surface area contributed by atoms with E-state index in [2.05, 4.69) is 16.6 Å². The number of nitrogens with one attached hydrogen (secondary N) is 1. The molecule has 0 radical (unpaired) electrons. The van der Waals surface area contributed by atoms with Crippen molar-refractivity contribution < 1.29 is 18.7 Å². The van der Waals surface area contributed by atoms with Crippen LogP contribution < -0.4 is 4.74 Å². The molecule has 42 heavy (non-hydrogen) atoms. The summed E-state index contributed by atoms with van der Waals surface area (Å²) in [5, 5.41) is 9.27. The van der Waals surface area contributed by atoms with E-state index in [1.165, 1.54) is 32.3 Å². The van der Waals surface area contributed by atoms with Gasteiger partial charge in [0.15, 0.2) is 11.6 Å². The fourth-order valence-corrected chi connectivity index (χ4v) is 4.98. The van der Waals surface area contributed by atoms with Gasteiger partial charge in [0, 0.05) is 52.5 Å². The van der Waals surface area contributed by atoms with E-state index in [9.17, 15) is 9.18 Å². The molecule has 0 saturated carbocycles. The van der Waals surface area contributed by atoms with Crippen molar-refractivity contribution in [2.75, 3.05) is 13.7 Å². The highest BCUT2D eigenvalue weighted by atomic mass is 19.1. The van der Waals surface area contributed by atoms with Crippen molar-refractivity contribution in [2.45, 2.75) is 47.5 Å². The molecule has 0 aliphatic carbocycles. The Morgan fingerprint density at radius 2 is 1.90 bits per heavy atom. The van der Waals surface area contributed by atoms with Gasteiger partial charge in [-0.2, -0.15) is 0 Å². The summed E-state index contributed by atoms with van der Waals surface area (Å²) in [5.41, 5.74) is 6.34. The van der Waals surface area contributed by atoms with Crippen LogP contribution in [0.25, 0.3) is 22.0 Å². The van der Waals surface area contributed by atoms with Gasteiger partial charge in [0.1, 0.15) is 17.3 Å². The summed E-state index contributed by atoms with van der Waals surface area (Å²) in [4.78, 5) is 26.6. The molecule has 3 aromatic rings. The van der Waals surface area contributed by atoms with E-state index in [0.717, 1.165) is 27.6 Å². The summed E-state index contributed by atoms with van der Waals surface area (Å²) >= 11 is 0. The summed E-state index contributed by atoms with van der Waals surface area (Å²) in [6.45, 7) is 13.0. The molecular weight excluding hydrogens is 531 g/mol. The Bertz CT molecular complexity index is 1730. The van der Waals surface area contributed by atoms with E-state index in [0.29, 0.717) is 52.7 Å². The van der Waals surface area contributed by atoms with Gasteiger partial charge in [0.2, 0.25) is 0 Å². The largest absolute Gasteiger partial charge is 0.496 e. The van der Waals surface area contributed by atoms with Crippen molar-refractivity contribution >= 4 is 33.9 Å².